The highest BCUT2D eigenvalue weighted by Gasteiger charge is 2.14. The van der Waals surface area contributed by atoms with Crippen LogP contribution in [0.2, 0.25) is 0 Å². The van der Waals surface area contributed by atoms with Crippen LogP contribution >= 0.6 is 11.3 Å². The molecule has 0 bridgehead atoms. The molecule has 1 aromatic rings. The number of carbonyl (C=O) groups is 2. The predicted octanol–water partition coefficient (Wildman–Crippen LogP) is 0.574. The van der Waals surface area contributed by atoms with Gasteiger partial charge in [0.2, 0.25) is 5.91 Å². The minimum Gasteiger partial charge on any atom is -0.329 e. The molecule has 64 valence electrons. The Labute approximate surface area is 73.6 Å². The van der Waals surface area contributed by atoms with E-state index in [1.807, 2.05) is 28.2 Å². The summed E-state index contributed by atoms with van der Waals surface area (Å²) in [5, 5.41) is 8.38. The Bertz CT molecular complexity index is 227. The van der Waals surface area contributed by atoms with E-state index in [9.17, 15) is 9.59 Å². The summed E-state index contributed by atoms with van der Waals surface area (Å²) in [4.78, 5) is 20.1. The van der Waals surface area contributed by atoms with Gasteiger partial charge in [-0.1, -0.05) is 12.1 Å². The second kappa shape index (κ2) is 4.50. The molecule has 2 heterocycles. The standard InChI is InChI=1S/C4H4S.C3H4N2O2/c1-2-4-5-3-1;6-2-1-4-3(7)5-2/h1-4H;1H2,(H2,4,5,6,7). The minimum atomic E-state index is -0.398. The number of carbonyl (C=O) groups excluding carboxylic acids is 2. The SMILES string of the molecule is O=C1CNC(=O)N1.c1ccsc1. The van der Waals surface area contributed by atoms with Crippen molar-refractivity contribution in [2.24, 2.45) is 0 Å². The maximum absolute atomic E-state index is 10.1. The lowest BCUT2D eigenvalue weighted by Crippen LogP contribution is -2.22. The van der Waals surface area contributed by atoms with Gasteiger partial charge in [0.25, 0.3) is 0 Å². The first-order valence-electron chi connectivity index (χ1n) is 3.34. The van der Waals surface area contributed by atoms with Crippen LogP contribution in [0.5, 0.6) is 0 Å². The molecule has 0 saturated carbocycles. The molecule has 3 amide bonds. The summed E-state index contributed by atoms with van der Waals surface area (Å²) in [7, 11) is 0. The number of urea groups is 1. The van der Waals surface area contributed by atoms with Gasteiger partial charge in [-0.3, -0.25) is 10.1 Å². The first-order chi connectivity index (χ1) is 5.79. The first-order valence-corrected chi connectivity index (χ1v) is 4.28. The van der Waals surface area contributed by atoms with Crippen LogP contribution in [0, 0.1) is 0 Å². The van der Waals surface area contributed by atoms with Crippen molar-refractivity contribution < 1.29 is 9.59 Å². The molecule has 0 spiro atoms. The molecule has 4 nitrogen and oxygen atoms in total. The molecular formula is C7H8N2O2S. The first kappa shape index (κ1) is 8.73. The largest absolute Gasteiger partial charge is 0.329 e. The molecule has 0 radical (unpaired) electrons. The second-order valence-electron chi connectivity index (χ2n) is 2.02. The molecule has 2 N–H and O–H groups in total. The lowest BCUT2D eigenvalue weighted by Gasteiger charge is -1.78. The summed E-state index contributed by atoms with van der Waals surface area (Å²) in [6.45, 7) is 0.124. The van der Waals surface area contributed by atoms with Crippen LogP contribution in [0.15, 0.2) is 22.9 Å². The van der Waals surface area contributed by atoms with Crippen LogP contribution in [-0.2, 0) is 4.79 Å². The summed E-state index contributed by atoms with van der Waals surface area (Å²) in [5.74, 6) is -0.259. The van der Waals surface area contributed by atoms with E-state index >= 15 is 0 Å². The van der Waals surface area contributed by atoms with Crippen LogP contribution in [-0.4, -0.2) is 18.5 Å². The number of amides is 3. The third-order valence-electron chi connectivity index (χ3n) is 1.09. The smallest absolute Gasteiger partial charge is 0.321 e. The van der Waals surface area contributed by atoms with Crippen molar-refractivity contribution in [3.05, 3.63) is 22.9 Å². The van der Waals surface area contributed by atoms with E-state index in [4.69, 9.17) is 0 Å². The van der Waals surface area contributed by atoms with Crippen LogP contribution < -0.4 is 10.6 Å². The van der Waals surface area contributed by atoms with E-state index in [0.717, 1.165) is 0 Å². The summed E-state index contributed by atoms with van der Waals surface area (Å²) in [6, 6.07) is 3.64. The third-order valence-corrected chi connectivity index (χ3v) is 1.72. The average molecular weight is 184 g/mol. The fourth-order valence-electron chi connectivity index (χ4n) is 0.602. The highest BCUT2D eigenvalue weighted by atomic mass is 32.1. The van der Waals surface area contributed by atoms with Gasteiger partial charge in [-0.2, -0.15) is 11.3 Å². The zero-order valence-corrected chi connectivity index (χ0v) is 7.06. The molecule has 1 aliphatic rings. The van der Waals surface area contributed by atoms with Crippen molar-refractivity contribution in [1.82, 2.24) is 10.6 Å². The van der Waals surface area contributed by atoms with Crippen LogP contribution in [0.3, 0.4) is 0 Å². The molecule has 2 rings (SSSR count). The number of nitrogens with one attached hydrogen (secondary N) is 2. The van der Waals surface area contributed by atoms with E-state index in [1.54, 1.807) is 11.3 Å². The fourth-order valence-corrected chi connectivity index (χ4v) is 1.06. The van der Waals surface area contributed by atoms with Crippen LogP contribution in [0.25, 0.3) is 0 Å². The van der Waals surface area contributed by atoms with Crippen molar-refractivity contribution in [3.63, 3.8) is 0 Å². The Kier molecular flexibility index (Phi) is 3.28. The number of thiophene rings is 1. The highest BCUT2D eigenvalue weighted by Crippen LogP contribution is 1.91. The van der Waals surface area contributed by atoms with Crippen LogP contribution in [0.4, 0.5) is 4.79 Å². The summed E-state index contributed by atoms with van der Waals surface area (Å²) < 4.78 is 0. The van der Waals surface area contributed by atoms with Crippen molar-refractivity contribution in [3.8, 4) is 0 Å². The van der Waals surface area contributed by atoms with Gasteiger partial charge >= 0.3 is 6.03 Å². The van der Waals surface area contributed by atoms with E-state index in [1.165, 1.54) is 0 Å². The molecule has 0 unspecified atom stereocenters. The number of imide groups is 1. The van der Waals surface area contributed by atoms with Crippen molar-refractivity contribution in [2.45, 2.75) is 0 Å². The molecular weight excluding hydrogens is 176 g/mol. The zero-order valence-electron chi connectivity index (χ0n) is 6.24. The van der Waals surface area contributed by atoms with Gasteiger partial charge in [0.15, 0.2) is 0 Å². The topological polar surface area (TPSA) is 58.2 Å². The van der Waals surface area contributed by atoms with Gasteiger partial charge in [0.1, 0.15) is 0 Å². The van der Waals surface area contributed by atoms with Gasteiger partial charge in [-0.05, 0) is 10.8 Å². The normalized spacial score (nSPS) is 14.3. The lowest BCUT2D eigenvalue weighted by molar-refractivity contribution is -0.117. The molecule has 12 heavy (non-hydrogen) atoms. The van der Waals surface area contributed by atoms with Crippen LogP contribution in [0.1, 0.15) is 0 Å². The minimum absolute atomic E-state index is 0.124. The Hall–Kier alpha value is -1.36. The maximum atomic E-state index is 10.1. The molecule has 1 saturated heterocycles. The zero-order chi connectivity index (χ0) is 8.81. The quantitative estimate of drug-likeness (QED) is 0.579. The number of hydrogen-bond acceptors (Lipinski definition) is 3. The number of hydrogen-bond donors (Lipinski definition) is 2. The molecule has 1 aliphatic heterocycles. The predicted molar refractivity (Wildman–Crippen MR) is 45.9 cm³/mol. The molecule has 0 aliphatic carbocycles. The average Bonchev–Trinajstić information content (AvgIpc) is 2.63. The molecule has 1 aromatic heterocycles. The fraction of sp³-hybridized carbons (Fsp3) is 0.143. The Balaban J connectivity index is 0.000000127. The summed E-state index contributed by atoms with van der Waals surface area (Å²) in [6.07, 6.45) is 0. The third kappa shape index (κ3) is 3.16. The van der Waals surface area contributed by atoms with Gasteiger partial charge in [-0.15, -0.1) is 0 Å². The second-order valence-corrected chi connectivity index (χ2v) is 2.84. The van der Waals surface area contributed by atoms with Crippen molar-refractivity contribution in [1.29, 1.82) is 0 Å². The lowest BCUT2D eigenvalue weighted by atomic mass is 10.7. The van der Waals surface area contributed by atoms with Gasteiger partial charge in [0, 0.05) is 0 Å². The molecule has 0 aromatic carbocycles. The highest BCUT2D eigenvalue weighted by molar-refractivity contribution is 7.07. The molecule has 5 heteroatoms. The molecule has 1 fully saturated rings. The Morgan fingerprint density at radius 1 is 1.25 bits per heavy atom. The van der Waals surface area contributed by atoms with E-state index in [0.29, 0.717) is 0 Å². The van der Waals surface area contributed by atoms with Crippen molar-refractivity contribution in [2.75, 3.05) is 6.54 Å². The summed E-state index contributed by atoms with van der Waals surface area (Å²) >= 11 is 1.71. The number of rotatable bonds is 0. The van der Waals surface area contributed by atoms with E-state index in [-0.39, 0.29) is 12.5 Å². The monoisotopic (exact) mass is 184 g/mol. The van der Waals surface area contributed by atoms with Gasteiger partial charge in [-0.25, -0.2) is 4.79 Å². The van der Waals surface area contributed by atoms with E-state index < -0.39 is 6.03 Å². The Morgan fingerprint density at radius 3 is 2.08 bits per heavy atom. The summed E-state index contributed by atoms with van der Waals surface area (Å²) in [5.41, 5.74) is 0. The van der Waals surface area contributed by atoms with Crippen molar-refractivity contribution >= 4 is 23.3 Å². The Morgan fingerprint density at radius 2 is 1.92 bits per heavy atom. The maximum Gasteiger partial charge on any atom is 0.321 e. The molecule has 0 atom stereocenters. The van der Waals surface area contributed by atoms with E-state index in [2.05, 4.69) is 5.32 Å². The van der Waals surface area contributed by atoms with Gasteiger partial charge in [0.05, 0.1) is 6.54 Å². The van der Waals surface area contributed by atoms with Gasteiger partial charge < -0.3 is 5.32 Å².